The lowest BCUT2D eigenvalue weighted by Crippen LogP contribution is -2.37. The largest absolute Gasteiger partial charge is 0.547 e. The van der Waals surface area contributed by atoms with Crippen molar-refractivity contribution in [1.29, 1.82) is 0 Å². The Bertz CT molecular complexity index is 824. The molecular weight excluding hydrogens is 388 g/mol. The zero-order valence-corrected chi connectivity index (χ0v) is 21.9. The Balaban J connectivity index is 1.64. The summed E-state index contributed by atoms with van der Waals surface area (Å²) < 4.78 is 18.7. The van der Waals surface area contributed by atoms with Crippen LogP contribution in [0.2, 0.25) is 13.1 Å². The molecule has 168 valence electrons. The third-order valence-electron chi connectivity index (χ3n) is 7.05. The summed E-state index contributed by atoms with van der Waals surface area (Å²) in [5.41, 5.74) is 6.64. The van der Waals surface area contributed by atoms with Gasteiger partial charge in [-0.2, -0.15) is 0 Å². The first-order chi connectivity index (χ1) is 13.9. The number of epoxide rings is 1. The Kier molecular flexibility index (Phi) is 6.79. The van der Waals surface area contributed by atoms with Crippen molar-refractivity contribution in [3.05, 3.63) is 33.9 Å². The smallest absolute Gasteiger partial charge is 0.229 e. The van der Waals surface area contributed by atoms with E-state index in [0.717, 1.165) is 50.0 Å². The van der Waals surface area contributed by atoms with Crippen molar-refractivity contribution in [2.75, 3.05) is 0 Å². The molecule has 30 heavy (non-hydrogen) atoms. The van der Waals surface area contributed by atoms with E-state index in [0.29, 0.717) is 6.10 Å². The minimum Gasteiger partial charge on any atom is -0.547 e. The van der Waals surface area contributed by atoms with Crippen LogP contribution in [0.15, 0.2) is 11.6 Å². The van der Waals surface area contributed by atoms with Gasteiger partial charge in [0.05, 0.1) is 11.7 Å². The summed E-state index contributed by atoms with van der Waals surface area (Å²) in [6.07, 6.45) is 9.40. The fourth-order valence-corrected chi connectivity index (χ4v) is 5.52. The Labute approximate surface area is 185 Å². The summed E-state index contributed by atoms with van der Waals surface area (Å²) >= 11 is 0. The highest BCUT2D eigenvalue weighted by Crippen LogP contribution is 2.45. The summed E-state index contributed by atoms with van der Waals surface area (Å²) in [6, 6.07) is 0. The van der Waals surface area contributed by atoms with Crippen LogP contribution >= 0.6 is 0 Å². The zero-order chi connectivity index (χ0) is 22.3. The van der Waals surface area contributed by atoms with E-state index in [1.165, 1.54) is 27.8 Å². The molecule has 3 rings (SSSR count). The van der Waals surface area contributed by atoms with E-state index in [-0.39, 0.29) is 11.2 Å². The normalized spacial score (nSPS) is 25.1. The second-order valence-corrected chi connectivity index (χ2v) is 12.9. The van der Waals surface area contributed by atoms with Gasteiger partial charge in [0, 0.05) is 5.56 Å². The SMILES string of the molecule is C/C(=C\CC[C@]1(C)CCc2c(C)c(O[SiH](C)C)c(C)c(C)c2O1)CCC1OC1(C)C. The van der Waals surface area contributed by atoms with Crippen molar-refractivity contribution in [3.63, 3.8) is 0 Å². The minimum absolute atomic E-state index is 0.0931. The molecule has 3 nitrogen and oxygen atoms in total. The zero-order valence-electron chi connectivity index (χ0n) is 20.7. The summed E-state index contributed by atoms with van der Waals surface area (Å²) in [5, 5.41) is 0. The van der Waals surface area contributed by atoms with Crippen LogP contribution in [0.4, 0.5) is 0 Å². The number of hydrogen-bond donors (Lipinski definition) is 0. The van der Waals surface area contributed by atoms with Crippen LogP contribution in [0.1, 0.15) is 82.1 Å². The van der Waals surface area contributed by atoms with E-state index in [1.54, 1.807) is 0 Å². The van der Waals surface area contributed by atoms with E-state index in [9.17, 15) is 0 Å². The van der Waals surface area contributed by atoms with Gasteiger partial charge < -0.3 is 13.9 Å². The van der Waals surface area contributed by atoms with Crippen LogP contribution in [0.3, 0.4) is 0 Å². The molecule has 0 amide bonds. The minimum atomic E-state index is -1.14. The second kappa shape index (κ2) is 8.70. The summed E-state index contributed by atoms with van der Waals surface area (Å²) in [4.78, 5) is 0. The Hall–Kier alpha value is -1.26. The lowest BCUT2D eigenvalue weighted by atomic mass is 9.85. The number of hydrogen-bond acceptors (Lipinski definition) is 3. The molecule has 0 N–H and O–H groups in total. The van der Waals surface area contributed by atoms with Gasteiger partial charge in [-0.25, -0.2) is 0 Å². The standard InChI is InChI=1S/C26H42O3Si/c1-17(12-13-22-25(5,6)27-22)11-10-15-26(7)16-14-21-20(4)23(29-30(8)9)18(2)19(3)24(21)28-26/h11,22,30H,10,12-16H2,1-9H3/b17-11+/t22?,26-/m1/s1. The lowest BCUT2D eigenvalue weighted by molar-refractivity contribution is 0.0559. The van der Waals surface area contributed by atoms with Crippen molar-refractivity contribution in [2.24, 2.45) is 0 Å². The average Bonchev–Trinajstić information content (AvgIpc) is 3.28. The quantitative estimate of drug-likeness (QED) is 0.260. The van der Waals surface area contributed by atoms with Crippen molar-refractivity contribution in [1.82, 2.24) is 0 Å². The molecule has 1 aromatic rings. The molecule has 0 aromatic heterocycles. The summed E-state index contributed by atoms with van der Waals surface area (Å²) in [6.45, 7) is 20.0. The number of benzene rings is 1. The van der Waals surface area contributed by atoms with Crippen LogP contribution in [0.5, 0.6) is 11.5 Å². The third-order valence-corrected chi connectivity index (χ3v) is 7.76. The fraction of sp³-hybridized carbons (Fsp3) is 0.692. The van der Waals surface area contributed by atoms with Crippen molar-refractivity contribution >= 4 is 9.04 Å². The number of ether oxygens (including phenoxy) is 2. The highest BCUT2D eigenvalue weighted by molar-refractivity contribution is 6.49. The van der Waals surface area contributed by atoms with Gasteiger partial charge >= 0.3 is 0 Å². The van der Waals surface area contributed by atoms with Gasteiger partial charge in [-0.3, -0.25) is 0 Å². The molecule has 1 aromatic carbocycles. The molecule has 0 saturated carbocycles. The lowest BCUT2D eigenvalue weighted by Gasteiger charge is -2.38. The predicted molar refractivity (Wildman–Crippen MR) is 129 cm³/mol. The molecule has 4 heteroatoms. The first kappa shape index (κ1) is 23.4. The fourth-order valence-electron chi connectivity index (χ4n) is 4.69. The Morgan fingerprint density at radius 2 is 1.80 bits per heavy atom. The van der Waals surface area contributed by atoms with E-state index in [1.807, 2.05) is 0 Å². The molecule has 2 aliphatic heterocycles. The molecule has 0 aliphatic carbocycles. The second-order valence-electron chi connectivity index (χ2n) is 10.6. The van der Waals surface area contributed by atoms with Crippen molar-refractivity contribution < 1.29 is 13.9 Å². The van der Waals surface area contributed by atoms with Gasteiger partial charge in [-0.15, -0.1) is 0 Å². The van der Waals surface area contributed by atoms with Crippen molar-refractivity contribution in [2.45, 2.75) is 117 Å². The van der Waals surface area contributed by atoms with Crippen LogP contribution in [-0.2, 0) is 11.2 Å². The van der Waals surface area contributed by atoms with E-state index < -0.39 is 9.04 Å². The van der Waals surface area contributed by atoms with E-state index in [2.05, 4.69) is 67.6 Å². The molecule has 1 unspecified atom stereocenters. The summed E-state index contributed by atoms with van der Waals surface area (Å²) in [7, 11) is -1.14. The Morgan fingerprint density at radius 3 is 2.40 bits per heavy atom. The first-order valence-electron chi connectivity index (χ1n) is 11.8. The van der Waals surface area contributed by atoms with Gasteiger partial charge in [0.25, 0.3) is 0 Å². The van der Waals surface area contributed by atoms with Gasteiger partial charge in [-0.05, 0) is 117 Å². The third kappa shape index (κ3) is 5.13. The van der Waals surface area contributed by atoms with Gasteiger partial charge in [0.2, 0.25) is 9.04 Å². The maximum atomic E-state index is 6.70. The highest BCUT2D eigenvalue weighted by atomic mass is 28.3. The topological polar surface area (TPSA) is 31.0 Å². The summed E-state index contributed by atoms with van der Waals surface area (Å²) in [5.74, 6) is 2.23. The molecule has 2 heterocycles. The van der Waals surface area contributed by atoms with Gasteiger partial charge in [0.1, 0.15) is 17.1 Å². The highest BCUT2D eigenvalue weighted by Gasteiger charge is 2.46. The van der Waals surface area contributed by atoms with Crippen LogP contribution in [0.25, 0.3) is 0 Å². The maximum Gasteiger partial charge on any atom is 0.229 e. The molecule has 1 fully saturated rings. The molecule has 2 aliphatic rings. The van der Waals surface area contributed by atoms with Gasteiger partial charge in [-0.1, -0.05) is 11.6 Å². The first-order valence-corrected chi connectivity index (χ1v) is 14.5. The molecular formula is C26H42O3Si. The van der Waals surface area contributed by atoms with Crippen LogP contribution < -0.4 is 9.16 Å². The molecule has 2 atom stereocenters. The van der Waals surface area contributed by atoms with Crippen molar-refractivity contribution in [3.8, 4) is 11.5 Å². The van der Waals surface area contributed by atoms with Crippen LogP contribution in [-0.4, -0.2) is 26.3 Å². The van der Waals surface area contributed by atoms with Gasteiger partial charge in [0.15, 0.2) is 0 Å². The molecule has 0 bridgehead atoms. The number of rotatable bonds is 8. The predicted octanol–water partition coefficient (Wildman–Crippen LogP) is 6.74. The van der Waals surface area contributed by atoms with Crippen LogP contribution in [0, 0.1) is 20.8 Å². The number of fused-ring (bicyclic) bond motifs is 1. The van der Waals surface area contributed by atoms with E-state index in [4.69, 9.17) is 13.9 Å². The molecule has 0 spiro atoms. The van der Waals surface area contributed by atoms with E-state index >= 15 is 0 Å². The molecule has 1 saturated heterocycles. The monoisotopic (exact) mass is 430 g/mol. The maximum absolute atomic E-state index is 6.70. The number of allylic oxidation sites excluding steroid dienone is 2. The Morgan fingerprint density at radius 1 is 1.13 bits per heavy atom. The molecule has 0 radical (unpaired) electrons. The average molecular weight is 431 g/mol.